The maximum absolute atomic E-state index is 15.0. The molecule has 3 aliphatic rings. The molecule has 9 rings (SSSR count). The van der Waals surface area contributed by atoms with Crippen molar-refractivity contribution in [3.8, 4) is 17.2 Å². The molecule has 27 nitrogen and oxygen atoms in total. The van der Waals surface area contributed by atoms with Gasteiger partial charge in [-0.1, -0.05) is 83.9 Å². The summed E-state index contributed by atoms with van der Waals surface area (Å²) in [5.74, 6) is -1.42. The van der Waals surface area contributed by atoms with Crippen molar-refractivity contribution in [1.82, 2.24) is 45.3 Å². The Labute approximate surface area is 623 Å². The number of halogens is 7. The lowest BCUT2D eigenvalue weighted by atomic mass is 9.85. The minimum Gasteiger partial charge on any atom is -0.508 e. The van der Waals surface area contributed by atoms with Crippen molar-refractivity contribution in [2.24, 2.45) is 17.8 Å². The van der Waals surface area contributed by atoms with Crippen LogP contribution in [0.5, 0.6) is 17.2 Å². The first kappa shape index (κ1) is 87.3. The Balaban J connectivity index is 0.000000228. The Kier molecular flexibility index (Phi) is 32.3. The number of ether oxygens (including phenoxy) is 2. The molecule has 104 heavy (non-hydrogen) atoms. The molecule has 0 radical (unpaired) electrons. The van der Waals surface area contributed by atoms with Gasteiger partial charge in [0, 0.05) is 92.4 Å². The van der Waals surface area contributed by atoms with Crippen LogP contribution in [0.1, 0.15) is 189 Å². The lowest BCUT2D eigenvalue weighted by Gasteiger charge is -2.32. The lowest BCUT2D eigenvalue weighted by molar-refractivity contribution is -0.0191. The van der Waals surface area contributed by atoms with Crippen molar-refractivity contribution in [2.75, 3.05) is 39.3 Å². The number of aromatic amines is 3. The van der Waals surface area contributed by atoms with E-state index in [0.717, 1.165) is 69.9 Å². The van der Waals surface area contributed by atoms with Crippen LogP contribution < -0.4 is 9.47 Å². The number of phenolic OH excluding ortho intramolecular Hbond substituents is 1. The smallest absolute Gasteiger partial charge is 0.478 e. The fraction of sp³-hybridized carbons (Fsp3) is 0.552. The molecule has 6 N–H and O–H groups in total. The zero-order valence-corrected chi connectivity index (χ0v) is 65.7. The minimum atomic E-state index is -4.67. The van der Waals surface area contributed by atoms with E-state index in [-0.39, 0.29) is 98.8 Å². The number of phosphoric ester groups is 3. The highest BCUT2D eigenvalue weighted by Gasteiger charge is 2.39. The third-order valence-corrected chi connectivity index (χ3v) is 20.3. The molecule has 0 bridgehead atoms. The van der Waals surface area contributed by atoms with Crippen LogP contribution in [0.15, 0.2) is 72.8 Å². The maximum Gasteiger partial charge on any atom is 0.478 e. The van der Waals surface area contributed by atoms with Gasteiger partial charge in [-0.05, 0) is 158 Å². The molecule has 578 valence electrons. The molecule has 3 heterocycles. The van der Waals surface area contributed by atoms with Gasteiger partial charge in [-0.15, -0.1) is 0 Å². The van der Waals surface area contributed by atoms with Crippen LogP contribution in [0.3, 0.4) is 0 Å². The Hall–Kier alpha value is -5.62. The molecule has 3 aromatic carbocycles. The van der Waals surface area contributed by atoms with Crippen LogP contribution in [-0.2, 0) is 65.0 Å². The number of phenols is 1. The zero-order chi connectivity index (χ0) is 77.2. The monoisotopic (exact) mass is 1600 g/mol. The third-order valence-electron chi connectivity index (χ3n) is 15.1. The zero-order valence-electron chi connectivity index (χ0n) is 60.0. The van der Waals surface area contributed by atoms with E-state index in [9.17, 15) is 42.0 Å². The van der Waals surface area contributed by atoms with Gasteiger partial charge in [0.05, 0.1) is 22.4 Å². The number of alkyl halides is 1. The van der Waals surface area contributed by atoms with E-state index < -0.39 is 76.9 Å². The summed E-state index contributed by atoms with van der Waals surface area (Å²) in [5.41, 5.74) is -1.32. The number of aromatic nitrogens is 6. The number of amides is 3. The predicted octanol–water partition coefficient (Wildman–Crippen LogP) is 17.1. The second kappa shape index (κ2) is 38.5. The second-order valence-corrected chi connectivity index (χ2v) is 34.5. The Morgan fingerprint density at radius 3 is 1.03 bits per heavy atom. The van der Waals surface area contributed by atoms with Crippen LogP contribution >= 0.6 is 69.9 Å². The van der Waals surface area contributed by atoms with Crippen LogP contribution in [0, 0.1) is 35.2 Å². The van der Waals surface area contributed by atoms with E-state index >= 15 is 4.39 Å². The third kappa shape index (κ3) is 30.9. The van der Waals surface area contributed by atoms with Crippen molar-refractivity contribution >= 4 is 87.6 Å². The van der Waals surface area contributed by atoms with E-state index in [2.05, 4.69) is 35.1 Å². The highest BCUT2D eigenvalue weighted by molar-refractivity contribution is 7.49. The predicted molar refractivity (Wildman–Crippen MR) is 383 cm³/mol. The topological polar surface area (TPSA) is 342 Å². The van der Waals surface area contributed by atoms with Gasteiger partial charge in [-0.25, -0.2) is 35.9 Å². The maximum atomic E-state index is 15.0. The second-order valence-electron chi connectivity index (χ2n) is 28.8. The number of nitrogens with zero attached hydrogens (tertiary/aromatic N) is 6. The summed E-state index contributed by atoms with van der Waals surface area (Å²) in [6, 6.07) is 16.3. The molecule has 0 aliphatic heterocycles. The normalized spacial score (nSPS) is 14.6. The van der Waals surface area contributed by atoms with Gasteiger partial charge in [0.25, 0.3) is 17.7 Å². The number of hydrogen-bond donors (Lipinski definition) is 6. The number of aromatic hydroxyl groups is 1. The van der Waals surface area contributed by atoms with Crippen molar-refractivity contribution in [2.45, 2.75) is 183 Å². The number of phosphoric acid groups is 3. The Bertz CT molecular complexity index is 3900. The average molecular weight is 1600 g/mol. The van der Waals surface area contributed by atoms with E-state index in [1.807, 2.05) is 0 Å². The molecule has 3 aromatic heterocycles. The van der Waals surface area contributed by atoms with Crippen molar-refractivity contribution < 1.29 is 97.3 Å². The van der Waals surface area contributed by atoms with Gasteiger partial charge in [0.1, 0.15) is 56.2 Å². The Morgan fingerprint density at radius 1 is 0.481 bits per heavy atom. The average Bonchev–Trinajstić information content (AvgIpc) is 1.79. The first-order valence-corrected chi connectivity index (χ1v) is 39.3. The molecule has 37 heteroatoms. The van der Waals surface area contributed by atoms with Gasteiger partial charge < -0.3 is 39.1 Å². The van der Waals surface area contributed by atoms with Crippen LogP contribution in [0.25, 0.3) is 0 Å². The lowest BCUT2D eigenvalue weighted by Crippen LogP contribution is -2.37. The molecule has 6 aromatic rings. The van der Waals surface area contributed by atoms with Gasteiger partial charge in [-0.2, -0.15) is 15.3 Å². The number of H-pyrrole nitrogens is 3. The van der Waals surface area contributed by atoms with Gasteiger partial charge >= 0.3 is 23.5 Å². The molecule has 3 amide bonds. The van der Waals surface area contributed by atoms with Crippen LogP contribution in [0.4, 0.5) is 13.2 Å². The summed E-state index contributed by atoms with van der Waals surface area (Å²) in [6.45, 7) is 21.5. The number of carbonyl (C=O) groups is 3. The van der Waals surface area contributed by atoms with Crippen molar-refractivity contribution in [1.29, 1.82) is 0 Å². The molecule has 3 aliphatic carbocycles. The molecule has 3 fully saturated rings. The van der Waals surface area contributed by atoms with Gasteiger partial charge in [0.2, 0.25) is 0 Å². The number of hydrogen-bond acceptors (Lipinski definition) is 19. The van der Waals surface area contributed by atoms with Gasteiger partial charge in [0.15, 0.2) is 30.7 Å². The van der Waals surface area contributed by atoms with Crippen molar-refractivity contribution in [3.05, 3.63) is 139 Å². The van der Waals surface area contributed by atoms with E-state index in [4.69, 9.17) is 92.8 Å². The molecular weight excluding hydrogens is 1510 g/mol. The number of benzene rings is 3. The largest absolute Gasteiger partial charge is 0.508 e. The van der Waals surface area contributed by atoms with Gasteiger partial charge in [-0.3, -0.25) is 52.3 Å². The Morgan fingerprint density at radius 2 is 0.779 bits per heavy atom. The quantitative estimate of drug-likeness (QED) is 0.0144. The standard InChI is InChI=1S/C25H36ClFN3O6P.C17H20ClFN3O6P.C16H17ClFN3O2.C9H20ClO4P/c1-24(2,3)35-37(32,36-25(4,5)6)34-16-33-19-11-10-18(20(27)12-19)15-30(14-17-8-7-9-17)23(31)21-13-22(26)29-28-21;18-16-7-15(20-21-16)17(23)22(8-11-2-1-3-11)9-12-4-5-13(6-14(12)19)27-10-28-29(24,25)26;17-15-7-14(19-20-15)16(23)21(8-10-2-1-3-10)9-11-4-5-12(22)6-13(11)18;1-8(2,3)13-15(11,12-7-10)14-9(4,5)6/h10-13,17H,7-9,14-16H2,1-6H3,(H,28,29);4-7,11H,1-3,8-10H2,(H,20,21)(H2,24,25,26);4-7,10,22H,1-3,8-9H2,(H,19,20);7H2,1-6H3. The molecule has 0 unspecified atom stereocenters. The number of rotatable bonds is 29. The molecule has 0 saturated heterocycles. The summed E-state index contributed by atoms with van der Waals surface area (Å²) in [6.07, 6.45) is 9.63. The van der Waals surface area contributed by atoms with Crippen LogP contribution in [0.2, 0.25) is 15.5 Å². The summed E-state index contributed by atoms with van der Waals surface area (Å²) in [5, 5.41) is 29.4. The SMILES string of the molecule is CC(C)(C)OP(=O)(OCCl)OC(C)(C)C.CC(C)(C)OP(=O)(OCOc1ccc(CN(CC2CCC2)C(=O)c2cc(Cl)[nH]n2)c(F)c1)OC(C)(C)C.O=C(c1cc(Cl)[nH]n1)N(Cc1ccc(O)cc1F)CC1CCC1.O=C(c1cc(Cl)[nH]n1)N(Cc1ccc(OCOP(=O)(O)O)cc1F)CC1CCC1. The highest BCUT2D eigenvalue weighted by Crippen LogP contribution is 2.56. The summed E-state index contributed by atoms with van der Waals surface area (Å²) < 4.78 is 126. The fourth-order valence-electron chi connectivity index (χ4n) is 9.97. The highest BCUT2D eigenvalue weighted by atomic mass is 35.5. The van der Waals surface area contributed by atoms with E-state index in [0.29, 0.717) is 48.5 Å². The van der Waals surface area contributed by atoms with Crippen LogP contribution in [-0.4, -0.2) is 140 Å². The molecule has 0 spiro atoms. The van der Waals surface area contributed by atoms with E-state index in [1.54, 1.807) is 105 Å². The molecule has 3 saturated carbocycles. The number of carbonyl (C=O) groups excluding carboxylic acids is 3. The first-order chi connectivity index (χ1) is 48.3. The summed E-state index contributed by atoms with van der Waals surface area (Å²) in [4.78, 5) is 60.4. The first-order valence-electron chi connectivity index (χ1n) is 33.2. The van der Waals surface area contributed by atoms with Crippen molar-refractivity contribution in [3.63, 3.8) is 0 Å². The minimum absolute atomic E-state index is 0.0326. The molecular formula is C67H93Cl4F3N9O18P3. The fourth-order valence-corrected chi connectivity index (χ4v) is 14.2. The summed E-state index contributed by atoms with van der Waals surface area (Å²) in [7, 11) is -12.2. The molecule has 0 atom stereocenters. The van der Waals surface area contributed by atoms with E-state index in [1.165, 1.54) is 53.4 Å². The number of nitrogens with one attached hydrogen (secondary N) is 3. The summed E-state index contributed by atoms with van der Waals surface area (Å²) >= 11 is 22.9.